The number of hydrogen-bond acceptors (Lipinski definition) is 2. The number of benzene rings is 2. The van der Waals surface area contributed by atoms with E-state index in [4.69, 9.17) is 0 Å². The van der Waals surface area contributed by atoms with E-state index >= 15 is 0 Å². The van der Waals surface area contributed by atoms with Crippen LogP contribution in [0.15, 0.2) is 42.5 Å². The average Bonchev–Trinajstić information content (AvgIpc) is 2.44. The van der Waals surface area contributed by atoms with Gasteiger partial charge in [-0.3, -0.25) is 15.2 Å². The minimum absolute atomic E-state index is 0.265. The van der Waals surface area contributed by atoms with Crippen molar-refractivity contribution in [3.8, 4) is 0 Å². The molecular weight excluding hydrogens is 236 g/mol. The quantitative estimate of drug-likeness (QED) is 0.633. The third-order valence-electron chi connectivity index (χ3n) is 3.37. The van der Waals surface area contributed by atoms with Crippen LogP contribution in [0.25, 0.3) is 10.8 Å². The minimum Gasteiger partial charge on any atom is -0.282 e. The lowest BCUT2D eigenvalue weighted by Crippen LogP contribution is -2.44. The molecule has 0 saturated carbocycles. The number of anilines is 1. The Bertz CT molecular complexity index is 548. The molecule has 0 spiro atoms. The summed E-state index contributed by atoms with van der Waals surface area (Å²) in [5, 5.41) is 4.29. The van der Waals surface area contributed by atoms with Gasteiger partial charge in [0.2, 0.25) is 6.41 Å². The highest BCUT2D eigenvalue weighted by atomic mass is 16.1. The fourth-order valence-electron chi connectivity index (χ4n) is 2.46. The molecule has 100 valence electrons. The zero-order valence-corrected chi connectivity index (χ0v) is 11.5. The summed E-state index contributed by atoms with van der Waals surface area (Å²) in [5.74, 6) is 0. The zero-order chi connectivity index (χ0) is 13.7. The molecule has 0 heterocycles. The lowest BCUT2D eigenvalue weighted by Gasteiger charge is -2.30. The second kappa shape index (κ2) is 6.23. The van der Waals surface area contributed by atoms with E-state index in [0.717, 1.165) is 30.3 Å². The number of hydrogen-bond donors (Lipinski definition) is 1. The van der Waals surface area contributed by atoms with Crippen LogP contribution in [0.4, 0.5) is 5.69 Å². The molecule has 0 bridgehead atoms. The first-order valence-electron chi connectivity index (χ1n) is 6.74. The van der Waals surface area contributed by atoms with Crippen molar-refractivity contribution in [3.63, 3.8) is 0 Å². The fourth-order valence-corrected chi connectivity index (χ4v) is 2.46. The topological polar surface area (TPSA) is 32.3 Å². The highest BCUT2D eigenvalue weighted by molar-refractivity contribution is 5.94. The molecule has 0 aromatic heterocycles. The van der Waals surface area contributed by atoms with Gasteiger partial charge in [0.1, 0.15) is 0 Å². The summed E-state index contributed by atoms with van der Waals surface area (Å²) in [6.07, 6.45) is 2.86. The number of fused-ring (bicyclic) bond motifs is 1. The summed E-state index contributed by atoms with van der Waals surface area (Å²) in [7, 11) is 0. The van der Waals surface area contributed by atoms with Crippen LogP contribution in [-0.4, -0.2) is 12.5 Å². The van der Waals surface area contributed by atoms with Gasteiger partial charge in [0.05, 0.1) is 5.69 Å². The van der Waals surface area contributed by atoms with Crippen molar-refractivity contribution in [2.45, 2.75) is 32.7 Å². The third-order valence-corrected chi connectivity index (χ3v) is 3.37. The van der Waals surface area contributed by atoms with Gasteiger partial charge in [-0.2, -0.15) is 0 Å². The molecule has 1 amide bonds. The van der Waals surface area contributed by atoms with Crippen molar-refractivity contribution in [1.82, 2.24) is 5.43 Å². The highest BCUT2D eigenvalue weighted by Crippen LogP contribution is 2.27. The Morgan fingerprint density at radius 3 is 2.68 bits per heavy atom. The molecule has 1 unspecified atom stereocenters. The molecule has 2 rings (SSSR count). The fraction of sp³-hybridized carbons (Fsp3) is 0.312. The lowest BCUT2D eigenvalue weighted by molar-refractivity contribution is -0.109. The summed E-state index contributed by atoms with van der Waals surface area (Å²) in [5.41, 5.74) is 3.88. The molecule has 0 aliphatic carbocycles. The van der Waals surface area contributed by atoms with E-state index < -0.39 is 0 Å². The summed E-state index contributed by atoms with van der Waals surface area (Å²) >= 11 is 0. The maximum absolute atomic E-state index is 10.9. The summed E-state index contributed by atoms with van der Waals surface area (Å²) in [6, 6.07) is 14.6. The Morgan fingerprint density at radius 1 is 1.21 bits per heavy atom. The van der Waals surface area contributed by atoms with E-state index in [-0.39, 0.29) is 6.04 Å². The predicted octanol–water partition coefficient (Wildman–Crippen LogP) is 3.50. The van der Waals surface area contributed by atoms with E-state index in [9.17, 15) is 4.79 Å². The standard InChI is InChI=1S/C16H20N2O/c1-3-7-13(2)18(17-12-19)16-11-6-9-14-8-4-5-10-15(14)16/h4-6,8-13H,3,7H2,1-2H3,(H,17,19). The van der Waals surface area contributed by atoms with Crippen molar-refractivity contribution >= 4 is 22.9 Å². The zero-order valence-electron chi connectivity index (χ0n) is 11.5. The van der Waals surface area contributed by atoms with Gasteiger partial charge >= 0.3 is 0 Å². The van der Waals surface area contributed by atoms with E-state index in [1.807, 2.05) is 29.3 Å². The van der Waals surface area contributed by atoms with Gasteiger partial charge in [0.25, 0.3) is 0 Å². The molecule has 1 atom stereocenters. The number of carbonyl (C=O) groups excluding carboxylic acids is 1. The van der Waals surface area contributed by atoms with E-state index in [1.165, 1.54) is 5.39 Å². The first-order chi connectivity index (χ1) is 9.27. The Morgan fingerprint density at radius 2 is 1.95 bits per heavy atom. The summed E-state index contributed by atoms with van der Waals surface area (Å²) in [4.78, 5) is 10.9. The molecule has 19 heavy (non-hydrogen) atoms. The van der Waals surface area contributed by atoms with Crippen molar-refractivity contribution in [2.24, 2.45) is 0 Å². The van der Waals surface area contributed by atoms with Gasteiger partial charge in [-0.25, -0.2) is 0 Å². The minimum atomic E-state index is 0.265. The smallest absolute Gasteiger partial charge is 0.225 e. The van der Waals surface area contributed by atoms with Crippen molar-refractivity contribution in [1.29, 1.82) is 0 Å². The summed E-state index contributed by atoms with van der Waals surface area (Å²) < 4.78 is 0. The van der Waals surface area contributed by atoms with Crippen LogP contribution >= 0.6 is 0 Å². The number of amides is 1. The number of nitrogens with one attached hydrogen (secondary N) is 1. The normalized spacial score (nSPS) is 12.1. The Balaban J connectivity index is 2.46. The molecule has 1 N–H and O–H groups in total. The third kappa shape index (κ3) is 2.87. The number of rotatable bonds is 6. The van der Waals surface area contributed by atoms with E-state index in [0.29, 0.717) is 0 Å². The second-order valence-corrected chi connectivity index (χ2v) is 4.75. The van der Waals surface area contributed by atoms with Gasteiger partial charge in [0, 0.05) is 11.4 Å². The first-order valence-corrected chi connectivity index (χ1v) is 6.74. The highest BCUT2D eigenvalue weighted by Gasteiger charge is 2.15. The Kier molecular flexibility index (Phi) is 4.39. The van der Waals surface area contributed by atoms with Crippen LogP contribution in [0.5, 0.6) is 0 Å². The van der Waals surface area contributed by atoms with Crippen LogP contribution in [0.3, 0.4) is 0 Å². The molecule has 3 nitrogen and oxygen atoms in total. The Labute approximate surface area is 114 Å². The monoisotopic (exact) mass is 256 g/mol. The SMILES string of the molecule is CCCC(C)N(NC=O)c1cccc2ccccc12. The molecule has 0 fully saturated rings. The van der Waals surface area contributed by atoms with E-state index in [2.05, 4.69) is 37.5 Å². The molecule has 2 aromatic carbocycles. The predicted molar refractivity (Wildman–Crippen MR) is 80.0 cm³/mol. The Hall–Kier alpha value is -2.03. The number of carbonyl (C=O) groups is 1. The molecule has 0 aliphatic rings. The lowest BCUT2D eigenvalue weighted by atomic mass is 10.1. The van der Waals surface area contributed by atoms with Gasteiger partial charge in [0.15, 0.2) is 0 Å². The maximum atomic E-state index is 10.9. The van der Waals surface area contributed by atoms with Crippen molar-refractivity contribution < 1.29 is 4.79 Å². The van der Waals surface area contributed by atoms with Gasteiger partial charge in [-0.1, -0.05) is 49.7 Å². The van der Waals surface area contributed by atoms with Crippen LogP contribution in [0, 0.1) is 0 Å². The summed E-state index contributed by atoms with van der Waals surface area (Å²) in [6.45, 7) is 4.28. The second-order valence-electron chi connectivity index (χ2n) is 4.75. The molecular formula is C16H20N2O. The molecule has 2 aromatic rings. The van der Waals surface area contributed by atoms with Crippen molar-refractivity contribution in [2.75, 3.05) is 5.01 Å². The largest absolute Gasteiger partial charge is 0.282 e. The molecule has 0 saturated heterocycles. The number of hydrazine groups is 1. The first kappa shape index (κ1) is 13.4. The molecule has 0 radical (unpaired) electrons. The van der Waals surface area contributed by atoms with Crippen LogP contribution < -0.4 is 10.4 Å². The van der Waals surface area contributed by atoms with Gasteiger partial charge < -0.3 is 0 Å². The average molecular weight is 256 g/mol. The number of nitrogens with zero attached hydrogens (tertiary/aromatic N) is 1. The van der Waals surface area contributed by atoms with Gasteiger partial charge in [-0.05, 0) is 24.8 Å². The molecule has 3 heteroatoms. The van der Waals surface area contributed by atoms with Crippen LogP contribution in [0.2, 0.25) is 0 Å². The van der Waals surface area contributed by atoms with Crippen LogP contribution in [-0.2, 0) is 4.79 Å². The van der Waals surface area contributed by atoms with Crippen molar-refractivity contribution in [3.05, 3.63) is 42.5 Å². The molecule has 0 aliphatic heterocycles. The van der Waals surface area contributed by atoms with E-state index in [1.54, 1.807) is 0 Å². The maximum Gasteiger partial charge on any atom is 0.225 e. The van der Waals surface area contributed by atoms with Crippen LogP contribution in [0.1, 0.15) is 26.7 Å². The van der Waals surface area contributed by atoms with Gasteiger partial charge in [-0.15, -0.1) is 0 Å².